The zero-order valence-corrected chi connectivity index (χ0v) is 18.2. The SMILES string of the molecule is COc1ccc(NC(=O)c2c3c(nn2C)CCN(C(=O)OC(C)(C)C)C3)cc1OC. The molecule has 1 N–H and O–H groups in total. The molecule has 0 fully saturated rings. The number of anilines is 1. The van der Waals surface area contributed by atoms with Crippen molar-refractivity contribution in [1.82, 2.24) is 14.7 Å². The van der Waals surface area contributed by atoms with Crippen molar-refractivity contribution in [2.45, 2.75) is 39.3 Å². The molecular formula is C21H28N4O5. The third kappa shape index (κ3) is 4.50. The first-order valence-electron chi connectivity index (χ1n) is 9.69. The number of carbonyl (C=O) groups is 2. The second-order valence-corrected chi connectivity index (χ2v) is 8.07. The standard InChI is InChI=1S/C21H28N4O5/c1-21(2,3)30-20(27)25-10-9-15-14(12-25)18(24(4)23-15)19(26)22-13-7-8-16(28-5)17(11-13)29-6/h7-8,11H,9-10,12H2,1-6H3,(H,22,26). The summed E-state index contributed by atoms with van der Waals surface area (Å²) in [5.41, 5.74) is 1.93. The van der Waals surface area contributed by atoms with Crippen molar-refractivity contribution in [3.63, 3.8) is 0 Å². The highest BCUT2D eigenvalue weighted by Gasteiger charge is 2.31. The van der Waals surface area contributed by atoms with E-state index in [9.17, 15) is 9.59 Å². The van der Waals surface area contributed by atoms with Crippen molar-refractivity contribution >= 4 is 17.7 Å². The van der Waals surface area contributed by atoms with Crippen LogP contribution >= 0.6 is 0 Å². The smallest absolute Gasteiger partial charge is 0.410 e. The second-order valence-electron chi connectivity index (χ2n) is 8.07. The summed E-state index contributed by atoms with van der Waals surface area (Å²) in [4.78, 5) is 27.1. The number of ether oxygens (including phenoxy) is 3. The van der Waals surface area contributed by atoms with Gasteiger partial charge in [0.2, 0.25) is 0 Å². The van der Waals surface area contributed by atoms with Gasteiger partial charge in [0.15, 0.2) is 11.5 Å². The molecule has 0 bridgehead atoms. The molecule has 0 radical (unpaired) electrons. The number of methoxy groups -OCH3 is 2. The summed E-state index contributed by atoms with van der Waals surface area (Å²) in [5.74, 6) is 0.768. The van der Waals surface area contributed by atoms with Gasteiger partial charge in [-0.2, -0.15) is 5.10 Å². The van der Waals surface area contributed by atoms with Gasteiger partial charge in [-0.05, 0) is 32.9 Å². The highest BCUT2D eigenvalue weighted by Crippen LogP contribution is 2.30. The molecule has 0 saturated carbocycles. The Bertz CT molecular complexity index is 961. The summed E-state index contributed by atoms with van der Waals surface area (Å²) in [6.45, 7) is 6.24. The summed E-state index contributed by atoms with van der Waals surface area (Å²) in [5, 5.41) is 7.35. The minimum absolute atomic E-state index is 0.271. The summed E-state index contributed by atoms with van der Waals surface area (Å²) >= 11 is 0. The van der Waals surface area contributed by atoms with E-state index >= 15 is 0 Å². The molecule has 0 atom stereocenters. The number of hydrogen-bond donors (Lipinski definition) is 1. The number of rotatable bonds is 4. The van der Waals surface area contributed by atoms with Crippen LogP contribution in [0.2, 0.25) is 0 Å². The van der Waals surface area contributed by atoms with Gasteiger partial charge in [0.05, 0.1) is 26.5 Å². The minimum atomic E-state index is -0.583. The van der Waals surface area contributed by atoms with Gasteiger partial charge >= 0.3 is 6.09 Å². The number of aromatic nitrogens is 2. The third-order valence-electron chi connectivity index (χ3n) is 4.70. The molecule has 2 amide bonds. The van der Waals surface area contributed by atoms with Gasteiger partial charge in [0.1, 0.15) is 11.3 Å². The molecule has 0 spiro atoms. The van der Waals surface area contributed by atoms with Gasteiger partial charge in [-0.25, -0.2) is 4.79 Å². The first-order valence-corrected chi connectivity index (χ1v) is 9.69. The van der Waals surface area contributed by atoms with Crippen LogP contribution in [0.4, 0.5) is 10.5 Å². The number of fused-ring (bicyclic) bond motifs is 1. The molecule has 1 aromatic heterocycles. The third-order valence-corrected chi connectivity index (χ3v) is 4.70. The Hall–Kier alpha value is -3.23. The van der Waals surface area contributed by atoms with E-state index < -0.39 is 11.7 Å². The molecule has 9 heteroatoms. The van der Waals surface area contributed by atoms with Crippen LogP contribution in [0.5, 0.6) is 11.5 Å². The monoisotopic (exact) mass is 416 g/mol. The predicted molar refractivity (Wildman–Crippen MR) is 111 cm³/mol. The normalized spacial score (nSPS) is 13.5. The first kappa shape index (κ1) is 21.5. The molecule has 1 aliphatic rings. The Morgan fingerprint density at radius 3 is 2.47 bits per heavy atom. The van der Waals surface area contributed by atoms with Crippen molar-refractivity contribution < 1.29 is 23.8 Å². The number of aryl methyl sites for hydroxylation is 1. The summed E-state index contributed by atoms with van der Waals surface area (Å²) in [6, 6.07) is 5.14. The molecule has 162 valence electrons. The fourth-order valence-corrected chi connectivity index (χ4v) is 3.37. The maximum absolute atomic E-state index is 13.0. The van der Waals surface area contributed by atoms with Crippen LogP contribution in [0.3, 0.4) is 0 Å². The van der Waals surface area contributed by atoms with Gasteiger partial charge < -0.3 is 24.4 Å². The van der Waals surface area contributed by atoms with E-state index in [0.717, 1.165) is 11.3 Å². The van der Waals surface area contributed by atoms with Gasteiger partial charge in [-0.1, -0.05) is 0 Å². The van der Waals surface area contributed by atoms with Crippen molar-refractivity contribution in [1.29, 1.82) is 0 Å². The van der Waals surface area contributed by atoms with E-state index in [4.69, 9.17) is 14.2 Å². The van der Waals surface area contributed by atoms with Crippen molar-refractivity contribution in [2.24, 2.45) is 7.05 Å². The number of nitrogens with one attached hydrogen (secondary N) is 1. The van der Waals surface area contributed by atoms with E-state index in [1.807, 2.05) is 20.8 Å². The lowest BCUT2D eigenvalue weighted by Gasteiger charge is -2.29. The second kappa shape index (κ2) is 8.25. The maximum Gasteiger partial charge on any atom is 0.410 e. The van der Waals surface area contributed by atoms with Crippen molar-refractivity contribution in [2.75, 3.05) is 26.1 Å². The fourth-order valence-electron chi connectivity index (χ4n) is 3.37. The largest absolute Gasteiger partial charge is 0.493 e. The lowest BCUT2D eigenvalue weighted by molar-refractivity contribution is 0.0222. The Morgan fingerprint density at radius 1 is 1.13 bits per heavy atom. The number of hydrogen-bond acceptors (Lipinski definition) is 6. The molecule has 0 unspecified atom stereocenters. The number of amides is 2. The Balaban J connectivity index is 1.82. The Labute approximate surface area is 175 Å². The molecule has 9 nitrogen and oxygen atoms in total. The van der Waals surface area contributed by atoms with Crippen LogP contribution in [-0.4, -0.2) is 53.0 Å². The Morgan fingerprint density at radius 2 is 1.83 bits per heavy atom. The predicted octanol–water partition coefficient (Wildman–Crippen LogP) is 2.98. The van der Waals surface area contributed by atoms with Crippen LogP contribution in [0.1, 0.15) is 42.5 Å². The average molecular weight is 416 g/mol. The van der Waals surface area contributed by atoms with Crippen LogP contribution in [0, 0.1) is 0 Å². The van der Waals surface area contributed by atoms with Gasteiger partial charge in [-0.3, -0.25) is 9.48 Å². The molecule has 0 saturated heterocycles. The Kier molecular flexibility index (Phi) is 5.91. The van der Waals surface area contributed by atoms with Crippen LogP contribution in [0.15, 0.2) is 18.2 Å². The lowest BCUT2D eigenvalue weighted by atomic mass is 10.1. The van der Waals surface area contributed by atoms with E-state index in [-0.39, 0.29) is 12.5 Å². The number of benzene rings is 1. The lowest BCUT2D eigenvalue weighted by Crippen LogP contribution is -2.40. The first-order chi connectivity index (χ1) is 14.1. The van der Waals surface area contributed by atoms with E-state index in [2.05, 4.69) is 10.4 Å². The molecule has 1 aliphatic heterocycles. The van der Waals surface area contributed by atoms with Crippen molar-refractivity contribution in [3.05, 3.63) is 35.2 Å². The topological polar surface area (TPSA) is 94.9 Å². The highest BCUT2D eigenvalue weighted by atomic mass is 16.6. The van der Waals surface area contributed by atoms with Gasteiger partial charge in [-0.15, -0.1) is 0 Å². The zero-order chi connectivity index (χ0) is 22.1. The summed E-state index contributed by atoms with van der Waals surface area (Å²) in [7, 11) is 4.81. The molecule has 1 aromatic carbocycles. The molecule has 30 heavy (non-hydrogen) atoms. The highest BCUT2D eigenvalue weighted by molar-refractivity contribution is 6.04. The fraction of sp³-hybridized carbons (Fsp3) is 0.476. The molecule has 3 rings (SSSR count). The maximum atomic E-state index is 13.0. The van der Waals surface area contributed by atoms with E-state index in [1.54, 1.807) is 41.9 Å². The van der Waals surface area contributed by atoms with Gasteiger partial charge in [0.25, 0.3) is 5.91 Å². The quantitative estimate of drug-likeness (QED) is 0.823. The molecule has 2 aromatic rings. The van der Waals surface area contributed by atoms with Crippen LogP contribution in [-0.2, 0) is 24.8 Å². The van der Waals surface area contributed by atoms with Crippen molar-refractivity contribution in [3.8, 4) is 11.5 Å². The van der Waals surface area contributed by atoms with E-state index in [0.29, 0.717) is 35.8 Å². The number of nitrogens with zero attached hydrogens (tertiary/aromatic N) is 3. The van der Waals surface area contributed by atoms with Crippen LogP contribution in [0.25, 0.3) is 0 Å². The minimum Gasteiger partial charge on any atom is -0.493 e. The van der Waals surface area contributed by atoms with Crippen LogP contribution < -0.4 is 14.8 Å². The number of carbonyl (C=O) groups excluding carboxylic acids is 2. The van der Waals surface area contributed by atoms with Gasteiger partial charge in [0, 0.05) is 37.3 Å². The molecular weight excluding hydrogens is 388 g/mol. The average Bonchev–Trinajstić information content (AvgIpc) is 3.01. The molecule has 2 heterocycles. The zero-order valence-electron chi connectivity index (χ0n) is 18.2. The van der Waals surface area contributed by atoms with E-state index in [1.165, 1.54) is 7.11 Å². The summed E-state index contributed by atoms with van der Waals surface area (Å²) < 4.78 is 17.6. The molecule has 0 aliphatic carbocycles. The summed E-state index contributed by atoms with van der Waals surface area (Å²) in [6.07, 6.45) is 0.162.